The number of hydrogen-bond donors (Lipinski definition) is 4. The van der Waals surface area contributed by atoms with Gasteiger partial charge in [0.1, 0.15) is 23.0 Å². The number of aromatic hydroxyl groups is 4. The first-order valence-electron chi connectivity index (χ1n) is 11.1. The van der Waals surface area contributed by atoms with Crippen LogP contribution in [0.1, 0.15) is 41.5 Å². The molecule has 4 rings (SSSR count). The second-order valence-electron chi connectivity index (χ2n) is 8.41. The van der Waals surface area contributed by atoms with E-state index in [2.05, 4.69) is 0 Å². The largest absolute Gasteiger partial charge is 0.508 e. The topological polar surface area (TPSA) is 80.9 Å². The van der Waals surface area contributed by atoms with Crippen LogP contribution in [0.2, 0.25) is 0 Å². The molecule has 0 fully saturated rings. The first-order chi connectivity index (χ1) is 15.8. The summed E-state index contributed by atoms with van der Waals surface area (Å²) in [6, 6.07) is 21.6. The quantitative estimate of drug-likeness (QED) is 0.269. The SMILES string of the molecule is CCC(c1ccc(-c2ccc(O)cc2)c(C)c1O)c1ccc(-c2ccc(O)cc2)c(C)c1O. The number of rotatable bonds is 5. The molecule has 33 heavy (non-hydrogen) atoms. The van der Waals surface area contributed by atoms with E-state index in [1.54, 1.807) is 24.3 Å². The molecule has 0 atom stereocenters. The maximum atomic E-state index is 11.1. The van der Waals surface area contributed by atoms with Crippen molar-refractivity contribution >= 4 is 0 Å². The highest BCUT2D eigenvalue weighted by molar-refractivity contribution is 5.74. The summed E-state index contributed by atoms with van der Waals surface area (Å²) >= 11 is 0. The molecule has 0 saturated heterocycles. The fraction of sp³-hybridized carbons (Fsp3) is 0.172. The van der Waals surface area contributed by atoms with Crippen LogP contribution in [0, 0.1) is 13.8 Å². The Kier molecular flexibility index (Phi) is 6.01. The van der Waals surface area contributed by atoms with Gasteiger partial charge in [-0.25, -0.2) is 0 Å². The van der Waals surface area contributed by atoms with Gasteiger partial charge in [0, 0.05) is 17.0 Å². The fourth-order valence-corrected chi connectivity index (χ4v) is 4.52. The zero-order chi connectivity index (χ0) is 23.7. The van der Waals surface area contributed by atoms with Gasteiger partial charge < -0.3 is 20.4 Å². The van der Waals surface area contributed by atoms with Crippen molar-refractivity contribution in [3.05, 3.63) is 95.1 Å². The van der Waals surface area contributed by atoms with E-state index in [1.165, 1.54) is 0 Å². The summed E-state index contributed by atoms with van der Waals surface area (Å²) < 4.78 is 0. The zero-order valence-electron chi connectivity index (χ0n) is 19.0. The van der Waals surface area contributed by atoms with E-state index in [9.17, 15) is 20.4 Å². The molecule has 0 aliphatic rings. The van der Waals surface area contributed by atoms with Gasteiger partial charge in [0.05, 0.1) is 0 Å². The predicted molar refractivity (Wildman–Crippen MR) is 132 cm³/mol. The van der Waals surface area contributed by atoms with E-state index >= 15 is 0 Å². The van der Waals surface area contributed by atoms with Gasteiger partial charge in [0.2, 0.25) is 0 Å². The number of hydrogen-bond acceptors (Lipinski definition) is 4. The average Bonchev–Trinajstić information content (AvgIpc) is 2.81. The third kappa shape index (κ3) is 4.12. The molecule has 0 bridgehead atoms. The van der Waals surface area contributed by atoms with Crippen LogP contribution in [0.3, 0.4) is 0 Å². The van der Waals surface area contributed by atoms with Gasteiger partial charge in [-0.3, -0.25) is 0 Å². The normalized spacial score (nSPS) is 11.2. The van der Waals surface area contributed by atoms with Gasteiger partial charge in [-0.15, -0.1) is 0 Å². The van der Waals surface area contributed by atoms with E-state index < -0.39 is 0 Å². The monoisotopic (exact) mass is 440 g/mol. The summed E-state index contributed by atoms with van der Waals surface area (Å²) in [4.78, 5) is 0. The molecule has 0 aromatic heterocycles. The molecular formula is C29H28O4. The van der Waals surface area contributed by atoms with Crippen LogP contribution in [0.25, 0.3) is 22.3 Å². The lowest BCUT2D eigenvalue weighted by atomic mass is 9.83. The molecule has 0 heterocycles. The van der Waals surface area contributed by atoms with Gasteiger partial charge in [0.25, 0.3) is 0 Å². The van der Waals surface area contributed by atoms with Crippen molar-refractivity contribution in [2.75, 3.05) is 0 Å². The van der Waals surface area contributed by atoms with Crippen LogP contribution in [0.4, 0.5) is 0 Å². The highest BCUT2D eigenvalue weighted by Gasteiger charge is 2.23. The van der Waals surface area contributed by atoms with Crippen molar-refractivity contribution in [1.29, 1.82) is 0 Å². The summed E-state index contributed by atoms with van der Waals surface area (Å²) in [5.74, 6) is 0.652. The molecule has 0 aliphatic heterocycles. The van der Waals surface area contributed by atoms with Crippen molar-refractivity contribution in [3.63, 3.8) is 0 Å². The molecule has 0 aliphatic carbocycles. The summed E-state index contributed by atoms with van der Waals surface area (Å²) in [7, 11) is 0. The van der Waals surface area contributed by atoms with Crippen LogP contribution in [0.15, 0.2) is 72.8 Å². The maximum absolute atomic E-state index is 11.1. The Hall–Kier alpha value is -3.92. The zero-order valence-corrected chi connectivity index (χ0v) is 19.0. The number of phenolic OH excluding ortho intramolecular Hbond substituents is 4. The van der Waals surface area contributed by atoms with Crippen molar-refractivity contribution < 1.29 is 20.4 Å². The van der Waals surface area contributed by atoms with Crippen LogP contribution >= 0.6 is 0 Å². The van der Waals surface area contributed by atoms with Crippen LogP contribution in [-0.4, -0.2) is 20.4 Å². The van der Waals surface area contributed by atoms with Gasteiger partial charge in [-0.2, -0.15) is 0 Å². The first kappa shape index (κ1) is 22.3. The number of benzene rings is 4. The Morgan fingerprint density at radius 2 is 0.909 bits per heavy atom. The Morgan fingerprint density at radius 3 is 1.24 bits per heavy atom. The fourth-order valence-electron chi connectivity index (χ4n) is 4.52. The Morgan fingerprint density at radius 1 is 0.545 bits per heavy atom. The van der Waals surface area contributed by atoms with Crippen LogP contribution in [-0.2, 0) is 0 Å². The first-order valence-corrected chi connectivity index (χ1v) is 11.1. The maximum Gasteiger partial charge on any atom is 0.122 e. The van der Waals surface area contributed by atoms with Gasteiger partial charge in [-0.1, -0.05) is 55.5 Å². The molecular weight excluding hydrogens is 412 g/mol. The second kappa shape index (κ2) is 8.91. The highest BCUT2D eigenvalue weighted by Crippen LogP contribution is 2.44. The van der Waals surface area contributed by atoms with Crippen LogP contribution in [0.5, 0.6) is 23.0 Å². The second-order valence-corrected chi connectivity index (χ2v) is 8.41. The molecule has 0 amide bonds. The lowest BCUT2D eigenvalue weighted by molar-refractivity contribution is 0.449. The molecule has 0 radical (unpaired) electrons. The van der Waals surface area contributed by atoms with E-state index in [0.717, 1.165) is 44.5 Å². The summed E-state index contributed by atoms with van der Waals surface area (Å²) in [6.07, 6.45) is 0.705. The molecule has 4 nitrogen and oxygen atoms in total. The van der Waals surface area contributed by atoms with Gasteiger partial charge in [-0.05, 0) is 77.9 Å². The van der Waals surface area contributed by atoms with Crippen molar-refractivity contribution in [3.8, 4) is 45.3 Å². The Balaban J connectivity index is 1.76. The van der Waals surface area contributed by atoms with Crippen molar-refractivity contribution in [2.45, 2.75) is 33.1 Å². The molecule has 4 N–H and O–H groups in total. The summed E-state index contributed by atoms with van der Waals surface area (Å²) in [5, 5.41) is 41.4. The van der Waals surface area contributed by atoms with E-state index in [-0.39, 0.29) is 28.9 Å². The minimum absolute atomic E-state index is 0.176. The third-order valence-electron chi connectivity index (χ3n) is 6.44. The molecule has 4 aromatic rings. The summed E-state index contributed by atoms with van der Waals surface area (Å²) in [6.45, 7) is 5.80. The van der Waals surface area contributed by atoms with Crippen molar-refractivity contribution in [1.82, 2.24) is 0 Å². The Labute approximate surface area is 194 Å². The molecule has 0 spiro atoms. The Bertz CT molecular complexity index is 1190. The molecule has 4 heteroatoms. The number of phenols is 4. The smallest absolute Gasteiger partial charge is 0.122 e. The average molecular weight is 441 g/mol. The summed E-state index contributed by atoms with van der Waals surface area (Å²) in [5.41, 5.74) is 6.68. The highest BCUT2D eigenvalue weighted by atomic mass is 16.3. The van der Waals surface area contributed by atoms with E-state index in [1.807, 2.05) is 69.3 Å². The van der Waals surface area contributed by atoms with Crippen LogP contribution < -0.4 is 0 Å². The lowest BCUT2D eigenvalue weighted by Crippen LogP contribution is -2.03. The minimum atomic E-state index is -0.176. The van der Waals surface area contributed by atoms with E-state index in [4.69, 9.17) is 0 Å². The van der Waals surface area contributed by atoms with Gasteiger partial charge in [0.15, 0.2) is 0 Å². The van der Waals surface area contributed by atoms with E-state index in [0.29, 0.717) is 6.42 Å². The molecule has 0 saturated carbocycles. The molecule has 4 aromatic carbocycles. The minimum Gasteiger partial charge on any atom is -0.508 e. The predicted octanol–water partition coefficient (Wildman–Crippen LogP) is 7.00. The standard InChI is InChI=1S/C29H28O4/c1-4-23(26-15-13-24(17(2)28(26)32)19-5-9-21(30)10-6-19)27-16-14-25(18(3)29(27)33)20-7-11-22(31)12-8-20/h5-16,23,30-33H,4H2,1-3H3. The van der Waals surface area contributed by atoms with Gasteiger partial charge >= 0.3 is 0 Å². The molecule has 168 valence electrons. The lowest BCUT2D eigenvalue weighted by Gasteiger charge is -2.22. The third-order valence-corrected chi connectivity index (χ3v) is 6.44. The molecule has 0 unspecified atom stereocenters. The van der Waals surface area contributed by atoms with Crippen molar-refractivity contribution in [2.24, 2.45) is 0 Å².